The summed E-state index contributed by atoms with van der Waals surface area (Å²) in [6, 6.07) is 4.29. The summed E-state index contributed by atoms with van der Waals surface area (Å²) in [7, 11) is 0. The number of carbonyl (C=O) groups excluding carboxylic acids is 1. The Balaban J connectivity index is 3.22. The van der Waals surface area contributed by atoms with Crippen LogP contribution in [0.25, 0.3) is 0 Å². The van der Waals surface area contributed by atoms with Crippen molar-refractivity contribution >= 4 is 33.3 Å². The van der Waals surface area contributed by atoms with Gasteiger partial charge in [-0.1, -0.05) is 22.0 Å². The Kier molecular flexibility index (Phi) is 4.22. The molecule has 1 unspecified atom stereocenters. The maximum Gasteiger partial charge on any atom is 0.264 e. The maximum absolute atomic E-state index is 12.6. The van der Waals surface area contributed by atoms with E-state index in [1.54, 1.807) is 6.07 Å². The molecule has 0 fully saturated rings. The molecule has 0 saturated heterocycles. The highest BCUT2D eigenvalue weighted by molar-refractivity contribution is 9.10. The molecule has 0 N–H and O–H groups in total. The summed E-state index contributed by atoms with van der Waals surface area (Å²) in [6.45, 7) is 1.27. The van der Waals surface area contributed by atoms with E-state index in [0.29, 0.717) is 4.47 Å². The van der Waals surface area contributed by atoms with Crippen molar-refractivity contribution in [3.05, 3.63) is 33.8 Å². The predicted molar refractivity (Wildman–Crippen MR) is 58.4 cm³/mol. The van der Waals surface area contributed by atoms with Gasteiger partial charge >= 0.3 is 0 Å². The van der Waals surface area contributed by atoms with Crippen LogP contribution in [0.5, 0.6) is 0 Å². The normalized spacial score (nSPS) is 12.9. The van der Waals surface area contributed by atoms with Crippen LogP contribution in [-0.4, -0.2) is 5.78 Å². The molecule has 0 spiro atoms. The lowest BCUT2D eigenvalue weighted by Crippen LogP contribution is -2.05. The van der Waals surface area contributed by atoms with E-state index in [-0.39, 0.29) is 16.9 Å². The minimum atomic E-state index is -2.64. The number of carbonyl (C=O) groups is 1. The predicted octanol–water partition coefficient (Wildman–Crippen LogP) is 4.26. The molecule has 0 aliphatic carbocycles. The molecular formula is C10H8BrClF2O. The highest BCUT2D eigenvalue weighted by Crippen LogP contribution is 2.33. The second-order valence-electron chi connectivity index (χ2n) is 3.05. The van der Waals surface area contributed by atoms with Gasteiger partial charge in [0, 0.05) is 10.0 Å². The van der Waals surface area contributed by atoms with E-state index in [1.165, 1.54) is 19.1 Å². The standard InChI is InChI=1S/C10H8BrClF2O/c1-5(15)9(12)7-3-2-6(11)4-8(7)10(13)14/h2-4,9-10H,1H3. The van der Waals surface area contributed by atoms with Crippen molar-refractivity contribution in [2.75, 3.05) is 0 Å². The number of hydrogen-bond donors (Lipinski definition) is 0. The molecule has 15 heavy (non-hydrogen) atoms. The number of hydrogen-bond acceptors (Lipinski definition) is 1. The Labute approximate surface area is 99.6 Å². The van der Waals surface area contributed by atoms with Crippen LogP contribution < -0.4 is 0 Å². The largest absolute Gasteiger partial charge is 0.298 e. The molecule has 1 aromatic rings. The van der Waals surface area contributed by atoms with E-state index < -0.39 is 11.8 Å². The van der Waals surface area contributed by atoms with Gasteiger partial charge in [-0.2, -0.15) is 0 Å². The Morgan fingerprint density at radius 3 is 2.47 bits per heavy atom. The minimum Gasteiger partial charge on any atom is -0.298 e. The molecule has 0 bridgehead atoms. The number of rotatable bonds is 3. The SMILES string of the molecule is CC(=O)C(Cl)c1ccc(Br)cc1C(F)F. The van der Waals surface area contributed by atoms with Crippen molar-refractivity contribution in [2.45, 2.75) is 18.7 Å². The Hall–Kier alpha value is -0.480. The number of Topliss-reactive ketones (excluding diaryl/α,β-unsaturated/α-hetero) is 1. The van der Waals surface area contributed by atoms with E-state index in [2.05, 4.69) is 15.9 Å². The molecule has 5 heteroatoms. The van der Waals surface area contributed by atoms with E-state index >= 15 is 0 Å². The third-order valence-electron chi connectivity index (χ3n) is 1.91. The zero-order valence-corrected chi connectivity index (χ0v) is 10.1. The van der Waals surface area contributed by atoms with E-state index in [9.17, 15) is 13.6 Å². The minimum absolute atomic E-state index is 0.169. The van der Waals surface area contributed by atoms with Crippen molar-refractivity contribution in [1.82, 2.24) is 0 Å². The summed E-state index contributed by atoms with van der Waals surface area (Å²) >= 11 is 8.83. The summed E-state index contributed by atoms with van der Waals surface area (Å²) in [5.74, 6) is -0.346. The number of halogens is 4. The summed E-state index contributed by atoms with van der Waals surface area (Å²) in [5.41, 5.74) is -0.0399. The van der Waals surface area contributed by atoms with Crippen LogP contribution in [0.1, 0.15) is 29.9 Å². The van der Waals surface area contributed by atoms with E-state index in [4.69, 9.17) is 11.6 Å². The van der Waals surface area contributed by atoms with Gasteiger partial charge in [0.25, 0.3) is 6.43 Å². The summed E-state index contributed by atoms with van der Waals surface area (Å²) in [5, 5.41) is -1.01. The van der Waals surface area contributed by atoms with Gasteiger partial charge in [0.05, 0.1) is 0 Å². The third-order valence-corrected chi connectivity index (χ3v) is 2.95. The quantitative estimate of drug-likeness (QED) is 0.762. The molecule has 0 aromatic heterocycles. The summed E-state index contributed by atoms with van der Waals surface area (Å²) in [4.78, 5) is 11.0. The first-order chi connectivity index (χ1) is 6.93. The molecule has 0 heterocycles. The van der Waals surface area contributed by atoms with Crippen molar-refractivity contribution in [3.63, 3.8) is 0 Å². The zero-order chi connectivity index (χ0) is 11.6. The van der Waals surface area contributed by atoms with Crippen LogP contribution in [0.3, 0.4) is 0 Å². The van der Waals surface area contributed by atoms with Gasteiger partial charge in [-0.25, -0.2) is 8.78 Å². The van der Waals surface area contributed by atoms with Gasteiger partial charge in [-0.3, -0.25) is 4.79 Å². The fourth-order valence-electron chi connectivity index (χ4n) is 1.18. The zero-order valence-electron chi connectivity index (χ0n) is 7.81. The van der Waals surface area contributed by atoms with E-state index in [0.717, 1.165) is 0 Å². The Morgan fingerprint density at radius 2 is 2.00 bits per heavy atom. The summed E-state index contributed by atoms with van der Waals surface area (Å²) in [6.07, 6.45) is -2.64. The molecule has 0 aliphatic rings. The van der Waals surface area contributed by atoms with Gasteiger partial charge in [0.15, 0.2) is 5.78 Å². The number of alkyl halides is 3. The third kappa shape index (κ3) is 2.98. The van der Waals surface area contributed by atoms with Crippen LogP contribution in [0.15, 0.2) is 22.7 Å². The average Bonchev–Trinajstić information content (AvgIpc) is 2.16. The van der Waals surface area contributed by atoms with Gasteiger partial charge in [-0.15, -0.1) is 11.6 Å². The molecule has 82 valence electrons. The number of ketones is 1. The maximum atomic E-state index is 12.6. The first-order valence-electron chi connectivity index (χ1n) is 4.15. The summed E-state index contributed by atoms with van der Waals surface area (Å²) < 4.78 is 25.8. The van der Waals surface area contributed by atoms with Crippen LogP contribution in [0, 0.1) is 0 Å². The van der Waals surface area contributed by atoms with Crippen molar-refractivity contribution < 1.29 is 13.6 Å². The van der Waals surface area contributed by atoms with Gasteiger partial charge < -0.3 is 0 Å². The average molecular weight is 298 g/mol. The lowest BCUT2D eigenvalue weighted by atomic mass is 10.0. The van der Waals surface area contributed by atoms with Gasteiger partial charge in [-0.05, 0) is 24.6 Å². The molecular weight excluding hydrogens is 289 g/mol. The second kappa shape index (κ2) is 5.03. The Bertz CT molecular complexity index is 382. The fourth-order valence-corrected chi connectivity index (χ4v) is 1.76. The van der Waals surface area contributed by atoms with Crippen LogP contribution >= 0.6 is 27.5 Å². The highest BCUT2D eigenvalue weighted by Gasteiger charge is 2.21. The van der Waals surface area contributed by atoms with E-state index in [1.807, 2.05) is 0 Å². The molecule has 0 saturated carbocycles. The van der Waals surface area contributed by atoms with Crippen molar-refractivity contribution in [3.8, 4) is 0 Å². The smallest absolute Gasteiger partial charge is 0.264 e. The molecule has 1 rings (SSSR count). The molecule has 1 nitrogen and oxygen atoms in total. The van der Waals surface area contributed by atoms with Crippen LogP contribution in [0.4, 0.5) is 8.78 Å². The van der Waals surface area contributed by atoms with Crippen LogP contribution in [0.2, 0.25) is 0 Å². The number of benzene rings is 1. The highest BCUT2D eigenvalue weighted by atomic mass is 79.9. The fraction of sp³-hybridized carbons (Fsp3) is 0.300. The monoisotopic (exact) mass is 296 g/mol. The first-order valence-corrected chi connectivity index (χ1v) is 5.38. The lowest BCUT2D eigenvalue weighted by molar-refractivity contribution is -0.116. The molecule has 0 aliphatic heterocycles. The first kappa shape index (κ1) is 12.6. The molecule has 0 amide bonds. The van der Waals surface area contributed by atoms with Gasteiger partial charge in [0.1, 0.15) is 5.38 Å². The molecule has 0 radical (unpaired) electrons. The van der Waals surface area contributed by atoms with Crippen LogP contribution in [-0.2, 0) is 4.79 Å². The molecule has 1 aromatic carbocycles. The lowest BCUT2D eigenvalue weighted by Gasteiger charge is -2.12. The van der Waals surface area contributed by atoms with Crippen molar-refractivity contribution in [2.24, 2.45) is 0 Å². The Morgan fingerprint density at radius 1 is 1.40 bits per heavy atom. The molecule has 1 atom stereocenters. The topological polar surface area (TPSA) is 17.1 Å². The second-order valence-corrected chi connectivity index (χ2v) is 4.40. The van der Waals surface area contributed by atoms with Crippen molar-refractivity contribution in [1.29, 1.82) is 0 Å². The van der Waals surface area contributed by atoms with Gasteiger partial charge in [0.2, 0.25) is 0 Å².